The van der Waals surface area contributed by atoms with Crippen molar-refractivity contribution < 1.29 is 5.11 Å². The molecule has 0 radical (unpaired) electrons. The zero-order valence-electron chi connectivity index (χ0n) is 8.70. The van der Waals surface area contributed by atoms with Crippen molar-refractivity contribution in [3.8, 4) is 5.75 Å². The average molecular weight is 191 g/mol. The van der Waals surface area contributed by atoms with E-state index in [4.69, 9.17) is 5.11 Å². The standard InChI is InChI=1S/C12H17NO/c1-8-7-12(8)13-9(2)10-3-5-11(14)6-4-10/h3-6,8-9,12-14H,7H2,1-2H3. The van der Waals surface area contributed by atoms with E-state index in [9.17, 15) is 0 Å². The maximum Gasteiger partial charge on any atom is 0.115 e. The quantitative estimate of drug-likeness (QED) is 0.769. The highest BCUT2D eigenvalue weighted by Gasteiger charge is 2.33. The van der Waals surface area contributed by atoms with Gasteiger partial charge in [-0.1, -0.05) is 19.1 Å². The minimum atomic E-state index is 0.334. The number of nitrogens with one attached hydrogen (secondary N) is 1. The molecule has 1 saturated carbocycles. The van der Waals surface area contributed by atoms with Gasteiger partial charge >= 0.3 is 0 Å². The Labute approximate surface area is 85.0 Å². The number of hydrogen-bond donors (Lipinski definition) is 2. The predicted molar refractivity (Wildman–Crippen MR) is 57.2 cm³/mol. The molecule has 76 valence electrons. The molecule has 2 rings (SSSR count). The highest BCUT2D eigenvalue weighted by molar-refractivity contribution is 5.27. The molecule has 0 aliphatic heterocycles. The van der Waals surface area contributed by atoms with Crippen LogP contribution in [0.2, 0.25) is 0 Å². The minimum absolute atomic E-state index is 0.334. The fraction of sp³-hybridized carbons (Fsp3) is 0.500. The molecule has 0 bridgehead atoms. The zero-order chi connectivity index (χ0) is 10.1. The van der Waals surface area contributed by atoms with Crippen LogP contribution < -0.4 is 5.32 Å². The molecule has 0 saturated heterocycles. The SMILES string of the molecule is CC(NC1CC1C)c1ccc(O)cc1. The molecular formula is C12H17NO. The van der Waals surface area contributed by atoms with E-state index >= 15 is 0 Å². The first-order valence-corrected chi connectivity index (χ1v) is 5.22. The van der Waals surface area contributed by atoms with Crippen molar-refractivity contribution >= 4 is 0 Å². The van der Waals surface area contributed by atoms with Gasteiger partial charge in [0.05, 0.1) is 0 Å². The third kappa shape index (κ3) is 2.07. The number of benzene rings is 1. The highest BCUT2D eigenvalue weighted by Crippen LogP contribution is 2.31. The second-order valence-electron chi connectivity index (χ2n) is 4.30. The average Bonchev–Trinajstić information content (AvgIpc) is 2.82. The van der Waals surface area contributed by atoms with Gasteiger partial charge in [-0.25, -0.2) is 0 Å². The lowest BCUT2D eigenvalue weighted by Gasteiger charge is -2.13. The van der Waals surface area contributed by atoms with Crippen LogP contribution in [0.1, 0.15) is 31.9 Å². The molecule has 0 spiro atoms. The molecule has 0 aromatic heterocycles. The molecule has 3 unspecified atom stereocenters. The first kappa shape index (κ1) is 9.53. The molecule has 1 aliphatic rings. The van der Waals surface area contributed by atoms with Crippen LogP contribution in [0, 0.1) is 5.92 Å². The molecule has 0 amide bonds. The zero-order valence-corrected chi connectivity index (χ0v) is 8.70. The molecular weight excluding hydrogens is 174 g/mol. The summed E-state index contributed by atoms with van der Waals surface area (Å²) in [5, 5.41) is 12.7. The van der Waals surface area contributed by atoms with Crippen LogP contribution in [0.25, 0.3) is 0 Å². The smallest absolute Gasteiger partial charge is 0.115 e. The molecule has 2 heteroatoms. The predicted octanol–water partition coefficient (Wildman–Crippen LogP) is 2.45. The van der Waals surface area contributed by atoms with Gasteiger partial charge in [-0.05, 0) is 37.0 Å². The van der Waals surface area contributed by atoms with Gasteiger partial charge in [-0.3, -0.25) is 0 Å². The van der Waals surface area contributed by atoms with Gasteiger partial charge < -0.3 is 10.4 Å². The second-order valence-corrected chi connectivity index (χ2v) is 4.30. The number of hydrogen-bond acceptors (Lipinski definition) is 2. The Morgan fingerprint density at radius 1 is 1.36 bits per heavy atom. The lowest BCUT2D eigenvalue weighted by molar-refractivity contribution is 0.474. The van der Waals surface area contributed by atoms with E-state index in [0.717, 1.165) is 5.92 Å². The van der Waals surface area contributed by atoms with Crippen LogP contribution in [0.15, 0.2) is 24.3 Å². The Balaban J connectivity index is 1.96. The summed E-state index contributed by atoms with van der Waals surface area (Å²) in [7, 11) is 0. The Hall–Kier alpha value is -1.02. The third-order valence-corrected chi connectivity index (χ3v) is 2.97. The second kappa shape index (κ2) is 3.62. The summed E-state index contributed by atoms with van der Waals surface area (Å²) < 4.78 is 0. The van der Waals surface area contributed by atoms with Crippen molar-refractivity contribution in [2.24, 2.45) is 5.92 Å². The first-order chi connectivity index (χ1) is 6.66. The van der Waals surface area contributed by atoms with Crippen LogP contribution in [0.4, 0.5) is 0 Å². The summed E-state index contributed by atoms with van der Waals surface area (Å²) in [6, 6.07) is 8.50. The van der Waals surface area contributed by atoms with Gasteiger partial charge in [0, 0.05) is 12.1 Å². The van der Waals surface area contributed by atoms with Crippen molar-refractivity contribution in [2.75, 3.05) is 0 Å². The van der Waals surface area contributed by atoms with Crippen LogP contribution in [0.3, 0.4) is 0 Å². The van der Waals surface area contributed by atoms with Gasteiger partial charge in [-0.2, -0.15) is 0 Å². The highest BCUT2D eigenvalue weighted by atomic mass is 16.3. The number of phenols is 1. The van der Waals surface area contributed by atoms with Crippen LogP contribution in [-0.2, 0) is 0 Å². The molecule has 1 aromatic rings. The summed E-state index contributed by atoms with van der Waals surface area (Å²) >= 11 is 0. The fourth-order valence-corrected chi connectivity index (χ4v) is 1.73. The van der Waals surface area contributed by atoms with Gasteiger partial charge in [0.1, 0.15) is 5.75 Å². The Morgan fingerprint density at radius 3 is 2.43 bits per heavy atom. The van der Waals surface area contributed by atoms with Crippen LogP contribution in [-0.4, -0.2) is 11.1 Å². The molecule has 1 aromatic carbocycles. The van der Waals surface area contributed by atoms with E-state index in [2.05, 4.69) is 19.2 Å². The number of rotatable bonds is 3. The fourth-order valence-electron chi connectivity index (χ4n) is 1.73. The molecule has 0 heterocycles. The van der Waals surface area contributed by atoms with Crippen molar-refractivity contribution in [1.29, 1.82) is 0 Å². The normalized spacial score (nSPS) is 27.3. The molecule has 2 nitrogen and oxygen atoms in total. The molecule has 1 fully saturated rings. The van der Waals surface area contributed by atoms with E-state index < -0.39 is 0 Å². The molecule has 2 N–H and O–H groups in total. The van der Waals surface area contributed by atoms with E-state index in [-0.39, 0.29) is 0 Å². The maximum atomic E-state index is 9.15. The molecule has 1 aliphatic carbocycles. The first-order valence-electron chi connectivity index (χ1n) is 5.22. The summed E-state index contributed by atoms with van der Waals surface area (Å²) in [5.74, 6) is 1.16. The summed E-state index contributed by atoms with van der Waals surface area (Å²) in [6.07, 6.45) is 1.29. The summed E-state index contributed by atoms with van der Waals surface area (Å²) in [6.45, 7) is 4.43. The van der Waals surface area contributed by atoms with E-state index in [1.165, 1.54) is 12.0 Å². The topological polar surface area (TPSA) is 32.3 Å². The van der Waals surface area contributed by atoms with Crippen molar-refractivity contribution in [3.05, 3.63) is 29.8 Å². The number of aromatic hydroxyl groups is 1. The Kier molecular flexibility index (Phi) is 2.46. The summed E-state index contributed by atoms with van der Waals surface area (Å²) in [4.78, 5) is 0. The molecule has 14 heavy (non-hydrogen) atoms. The van der Waals surface area contributed by atoms with E-state index in [0.29, 0.717) is 17.8 Å². The van der Waals surface area contributed by atoms with Gasteiger partial charge in [0.25, 0.3) is 0 Å². The van der Waals surface area contributed by atoms with Crippen molar-refractivity contribution in [1.82, 2.24) is 5.32 Å². The number of phenolic OH excluding ortho intramolecular Hbond substituents is 1. The van der Waals surface area contributed by atoms with E-state index in [1.54, 1.807) is 12.1 Å². The van der Waals surface area contributed by atoms with Gasteiger partial charge in [0.15, 0.2) is 0 Å². The van der Waals surface area contributed by atoms with Gasteiger partial charge in [0.2, 0.25) is 0 Å². The Morgan fingerprint density at radius 2 is 1.93 bits per heavy atom. The Bertz CT molecular complexity index is 307. The third-order valence-electron chi connectivity index (χ3n) is 2.97. The van der Waals surface area contributed by atoms with Crippen LogP contribution in [0.5, 0.6) is 5.75 Å². The van der Waals surface area contributed by atoms with E-state index in [1.807, 2.05) is 12.1 Å². The lowest BCUT2D eigenvalue weighted by atomic mass is 10.1. The maximum absolute atomic E-state index is 9.15. The molecule has 3 atom stereocenters. The van der Waals surface area contributed by atoms with Crippen molar-refractivity contribution in [2.45, 2.75) is 32.4 Å². The largest absolute Gasteiger partial charge is 0.508 e. The minimum Gasteiger partial charge on any atom is -0.508 e. The lowest BCUT2D eigenvalue weighted by Crippen LogP contribution is -2.21. The monoisotopic (exact) mass is 191 g/mol. The van der Waals surface area contributed by atoms with Crippen molar-refractivity contribution in [3.63, 3.8) is 0 Å². The van der Waals surface area contributed by atoms with Gasteiger partial charge in [-0.15, -0.1) is 0 Å². The van der Waals surface area contributed by atoms with Crippen LogP contribution >= 0.6 is 0 Å². The summed E-state index contributed by atoms with van der Waals surface area (Å²) in [5.41, 5.74) is 1.24.